The van der Waals surface area contributed by atoms with Crippen molar-refractivity contribution < 1.29 is 0 Å². The Bertz CT molecular complexity index is 367. The molecule has 0 aromatic heterocycles. The third-order valence-corrected chi connectivity index (χ3v) is 2.93. The predicted octanol–water partition coefficient (Wildman–Crippen LogP) is 2.84. The van der Waals surface area contributed by atoms with E-state index >= 15 is 0 Å². The van der Waals surface area contributed by atoms with Crippen LogP contribution >= 0.6 is 24.0 Å². The zero-order valence-electron chi connectivity index (χ0n) is 12.5. The van der Waals surface area contributed by atoms with E-state index in [-0.39, 0.29) is 24.0 Å². The summed E-state index contributed by atoms with van der Waals surface area (Å²) in [5.41, 5.74) is 6.98. The average molecular weight is 390 g/mol. The highest BCUT2D eigenvalue weighted by Gasteiger charge is 1.99. The van der Waals surface area contributed by atoms with Crippen molar-refractivity contribution in [2.75, 3.05) is 31.6 Å². The molecule has 0 radical (unpaired) electrons. The molecule has 0 saturated carbocycles. The molecule has 0 bridgehead atoms. The minimum Gasteiger partial charge on any atom is -0.375 e. The molecule has 20 heavy (non-hydrogen) atoms. The summed E-state index contributed by atoms with van der Waals surface area (Å²) in [4.78, 5) is 6.47. The van der Waals surface area contributed by atoms with Crippen LogP contribution in [0.1, 0.15) is 26.2 Å². The van der Waals surface area contributed by atoms with Gasteiger partial charge in [-0.1, -0.05) is 25.1 Å². The van der Waals surface area contributed by atoms with Crippen LogP contribution in [0.2, 0.25) is 0 Å². The Morgan fingerprint density at radius 1 is 1.25 bits per heavy atom. The van der Waals surface area contributed by atoms with E-state index in [1.54, 1.807) is 0 Å². The first-order chi connectivity index (χ1) is 9.24. The van der Waals surface area contributed by atoms with Crippen LogP contribution in [0.3, 0.4) is 0 Å². The van der Waals surface area contributed by atoms with E-state index in [9.17, 15) is 0 Å². The van der Waals surface area contributed by atoms with Crippen molar-refractivity contribution in [3.63, 3.8) is 0 Å². The number of unbranched alkanes of at least 4 members (excludes halogenated alkanes) is 1. The van der Waals surface area contributed by atoms with Gasteiger partial charge in [0.25, 0.3) is 0 Å². The smallest absolute Gasteiger partial charge is 0.188 e. The first-order valence-corrected chi connectivity index (χ1v) is 7.04. The molecule has 0 aliphatic heterocycles. The van der Waals surface area contributed by atoms with Gasteiger partial charge in [0.05, 0.1) is 0 Å². The summed E-state index contributed by atoms with van der Waals surface area (Å²) in [5, 5.41) is 3.14. The maximum absolute atomic E-state index is 5.72. The third-order valence-electron chi connectivity index (χ3n) is 2.93. The van der Waals surface area contributed by atoms with E-state index in [4.69, 9.17) is 5.73 Å². The highest BCUT2D eigenvalue weighted by Crippen LogP contribution is 2.11. The quantitative estimate of drug-likeness (QED) is 0.311. The minimum absolute atomic E-state index is 0. The van der Waals surface area contributed by atoms with Crippen LogP contribution in [0.5, 0.6) is 0 Å². The molecule has 0 heterocycles. The van der Waals surface area contributed by atoms with Gasteiger partial charge in [0.2, 0.25) is 0 Å². The molecule has 0 aliphatic rings. The number of benzene rings is 1. The van der Waals surface area contributed by atoms with Gasteiger partial charge in [0.1, 0.15) is 0 Å². The predicted molar refractivity (Wildman–Crippen MR) is 99.1 cm³/mol. The summed E-state index contributed by atoms with van der Waals surface area (Å²) in [6.07, 6.45) is 3.27. The average Bonchev–Trinajstić information content (AvgIpc) is 2.45. The second kappa shape index (κ2) is 11.8. The number of halogens is 1. The van der Waals surface area contributed by atoms with Crippen LogP contribution in [0.4, 0.5) is 5.69 Å². The number of hydrogen-bond acceptors (Lipinski definition) is 2. The Balaban J connectivity index is 0.00000361. The fraction of sp³-hybridized carbons (Fsp3) is 0.533. The van der Waals surface area contributed by atoms with E-state index in [0.717, 1.165) is 38.9 Å². The summed E-state index contributed by atoms with van der Waals surface area (Å²) in [7, 11) is 2.12. The van der Waals surface area contributed by atoms with Crippen LogP contribution in [-0.2, 0) is 0 Å². The van der Waals surface area contributed by atoms with Crippen molar-refractivity contribution in [1.82, 2.24) is 5.32 Å². The van der Waals surface area contributed by atoms with Gasteiger partial charge in [-0.3, -0.25) is 4.99 Å². The van der Waals surface area contributed by atoms with Crippen LogP contribution in [0, 0.1) is 0 Å². The number of rotatable bonds is 8. The highest BCUT2D eigenvalue weighted by molar-refractivity contribution is 14.0. The highest BCUT2D eigenvalue weighted by atomic mass is 127. The summed E-state index contributed by atoms with van der Waals surface area (Å²) in [5.74, 6) is 0.568. The van der Waals surface area contributed by atoms with Gasteiger partial charge in [-0.05, 0) is 31.4 Å². The van der Waals surface area contributed by atoms with Crippen molar-refractivity contribution in [2.24, 2.45) is 10.7 Å². The van der Waals surface area contributed by atoms with Gasteiger partial charge in [-0.25, -0.2) is 0 Å². The first kappa shape index (κ1) is 19.0. The van der Waals surface area contributed by atoms with Crippen molar-refractivity contribution in [3.8, 4) is 0 Å². The van der Waals surface area contributed by atoms with Gasteiger partial charge in [-0.15, -0.1) is 24.0 Å². The summed E-state index contributed by atoms with van der Waals surface area (Å²) in [6.45, 7) is 4.84. The van der Waals surface area contributed by atoms with Gasteiger partial charge >= 0.3 is 0 Å². The Morgan fingerprint density at radius 2 is 1.95 bits per heavy atom. The zero-order chi connectivity index (χ0) is 13.9. The number of nitrogens with zero attached hydrogens (tertiary/aromatic N) is 2. The number of anilines is 1. The lowest BCUT2D eigenvalue weighted by Crippen LogP contribution is -2.33. The lowest BCUT2D eigenvalue weighted by molar-refractivity contribution is 0.695. The molecule has 5 heteroatoms. The first-order valence-electron chi connectivity index (χ1n) is 7.04. The van der Waals surface area contributed by atoms with Crippen molar-refractivity contribution >= 4 is 35.6 Å². The molecule has 4 nitrogen and oxygen atoms in total. The SMILES string of the molecule is CCCN=C(N)NCCCCN(C)c1ccccc1.I. The minimum atomic E-state index is 0. The number of aliphatic imine (C=N–C) groups is 1. The molecule has 3 N–H and O–H groups in total. The molecule has 0 aliphatic carbocycles. The van der Waals surface area contributed by atoms with Crippen LogP contribution in [0.15, 0.2) is 35.3 Å². The zero-order valence-corrected chi connectivity index (χ0v) is 14.8. The molecule has 0 amide bonds. The molecule has 1 rings (SSSR count). The van der Waals surface area contributed by atoms with Crippen LogP contribution in [0.25, 0.3) is 0 Å². The maximum Gasteiger partial charge on any atom is 0.188 e. The van der Waals surface area contributed by atoms with Crippen molar-refractivity contribution in [2.45, 2.75) is 26.2 Å². The maximum atomic E-state index is 5.72. The number of hydrogen-bond donors (Lipinski definition) is 2. The van der Waals surface area contributed by atoms with Crippen LogP contribution < -0.4 is 16.0 Å². The topological polar surface area (TPSA) is 53.6 Å². The molecule has 0 fully saturated rings. The molecule has 1 aromatic carbocycles. The molecule has 0 atom stereocenters. The standard InChI is InChI=1S/C15H26N4.HI/c1-3-11-17-15(16)18-12-7-8-13-19(2)14-9-5-4-6-10-14;/h4-6,9-10H,3,7-8,11-13H2,1-2H3,(H3,16,17,18);1H. The molecular formula is C15H27IN4. The molecule has 0 unspecified atom stereocenters. The lowest BCUT2D eigenvalue weighted by Gasteiger charge is -2.19. The fourth-order valence-corrected chi connectivity index (χ4v) is 1.79. The third kappa shape index (κ3) is 8.24. The summed E-state index contributed by atoms with van der Waals surface area (Å²) in [6, 6.07) is 10.4. The van der Waals surface area contributed by atoms with E-state index in [1.165, 1.54) is 5.69 Å². The lowest BCUT2D eigenvalue weighted by atomic mass is 10.2. The van der Waals surface area contributed by atoms with Gasteiger partial charge < -0.3 is 16.0 Å². The largest absolute Gasteiger partial charge is 0.375 e. The number of nitrogens with one attached hydrogen (secondary N) is 1. The molecule has 0 saturated heterocycles. The second-order valence-electron chi connectivity index (χ2n) is 4.66. The van der Waals surface area contributed by atoms with Crippen LogP contribution in [-0.4, -0.2) is 32.6 Å². The Labute approximate surface area is 139 Å². The summed E-state index contributed by atoms with van der Waals surface area (Å²) >= 11 is 0. The van der Waals surface area contributed by atoms with Crippen molar-refractivity contribution in [1.29, 1.82) is 0 Å². The number of para-hydroxylation sites is 1. The number of guanidine groups is 1. The van der Waals surface area contributed by atoms with Gasteiger partial charge in [0, 0.05) is 32.4 Å². The van der Waals surface area contributed by atoms with E-state index < -0.39 is 0 Å². The number of nitrogens with two attached hydrogens (primary N) is 1. The Kier molecular flexibility index (Phi) is 11.2. The van der Waals surface area contributed by atoms with E-state index in [2.05, 4.69) is 53.4 Å². The Hall–Kier alpha value is -0.980. The summed E-state index contributed by atoms with van der Waals surface area (Å²) < 4.78 is 0. The molecule has 114 valence electrons. The molecule has 1 aromatic rings. The normalized spacial score (nSPS) is 10.8. The fourth-order valence-electron chi connectivity index (χ4n) is 1.79. The molecule has 0 spiro atoms. The second-order valence-corrected chi connectivity index (χ2v) is 4.66. The van der Waals surface area contributed by atoms with E-state index in [1.807, 2.05) is 6.07 Å². The van der Waals surface area contributed by atoms with Gasteiger partial charge in [-0.2, -0.15) is 0 Å². The Morgan fingerprint density at radius 3 is 2.60 bits per heavy atom. The van der Waals surface area contributed by atoms with E-state index in [0.29, 0.717) is 5.96 Å². The van der Waals surface area contributed by atoms with Gasteiger partial charge in [0.15, 0.2) is 5.96 Å². The monoisotopic (exact) mass is 390 g/mol. The molecular weight excluding hydrogens is 363 g/mol. The van der Waals surface area contributed by atoms with Crippen molar-refractivity contribution in [3.05, 3.63) is 30.3 Å².